The molecule has 0 radical (unpaired) electrons. The molecular formula is C17H18BrNO5S2. The number of aliphatic carboxylic acids is 1. The number of thiocarbonyl (C=S) groups is 1. The number of methoxy groups -OCH3 is 1. The van der Waals surface area contributed by atoms with Crippen molar-refractivity contribution in [3.63, 3.8) is 0 Å². The van der Waals surface area contributed by atoms with Crippen LogP contribution in [-0.2, 0) is 9.59 Å². The van der Waals surface area contributed by atoms with Crippen molar-refractivity contribution in [3.8, 4) is 11.5 Å². The molecule has 1 fully saturated rings. The second-order valence-electron chi connectivity index (χ2n) is 5.68. The Morgan fingerprint density at radius 2 is 2.15 bits per heavy atom. The summed E-state index contributed by atoms with van der Waals surface area (Å²) in [6, 6.07) is 3.59. The fraction of sp³-hybridized carbons (Fsp3) is 0.353. The number of hydrogen-bond donors (Lipinski definition) is 1. The molecule has 1 aliphatic rings. The number of carboxylic acids is 1. The topological polar surface area (TPSA) is 76.1 Å². The van der Waals surface area contributed by atoms with Crippen LogP contribution in [0.5, 0.6) is 11.5 Å². The lowest BCUT2D eigenvalue weighted by Crippen LogP contribution is -2.30. The number of amides is 1. The quantitative estimate of drug-likeness (QED) is 0.488. The van der Waals surface area contributed by atoms with Crippen LogP contribution in [0.4, 0.5) is 0 Å². The summed E-state index contributed by atoms with van der Waals surface area (Å²) in [6.45, 7) is 3.90. The molecule has 1 amide bonds. The van der Waals surface area contributed by atoms with Crippen molar-refractivity contribution in [2.75, 3.05) is 13.7 Å². The Kier molecular flexibility index (Phi) is 7.08. The van der Waals surface area contributed by atoms with Crippen molar-refractivity contribution < 1.29 is 24.2 Å². The van der Waals surface area contributed by atoms with Crippen LogP contribution < -0.4 is 9.47 Å². The minimum atomic E-state index is -0.975. The van der Waals surface area contributed by atoms with Gasteiger partial charge in [-0.2, -0.15) is 0 Å². The lowest BCUT2D eigenvalue weighted by molar-refractivity contribution is -0.137. The zero-order chi connectivity index (χ0) is 19.4. The summed E-state index contributed by atoms with van der Waals surface area (Å²) >= 11 is 9.81. The molecule has 1 saturated heterocycles. The summed E-state index contributed by atoms with van der Waals surface area (Å²) in [5, 5.41) is 8.79. The van der Waals surface area contributed by atoms with Crippen molar-refractivity contribution in [1.29, 1.82) is 0 Å². The maximum Gasteiger partial charge on any atom is 0.305 e. The molecule has 0 bridgehead atoms. The van der Waals surface area contributed by atoms with Crippen LogP contribution in [0.25, 0.3) is 6.08 Å². The predicted octanol–water partition coefficient (Wildman–Crippen LogP) is 3.92. The van der Waals surface area contributed by atoms with Crippen molar-refractivity contribution in [2.24, 2.45) is 0 Å². The average molecular weight is 460 g/mol. The number of carbonyl (C=O) groups excluding carboxylic acids is 1. The van der Waals surface area contributed by atoms with E-state index in [0.717, 1.165) is 17.3 Å². The second kappa shape index (κ2) is 8.88. The highest BCUT2D eigenvalue weighted by atomic mass is 79.9. The van der Waals surface area contributed by atoms with Crippen LogP contribution in [0.15, 0.2) is 21.5 Å². The largest absolute Gasteiger partial charge is 0.493 e. The first kappa shape index (κ1) is 20.7. The Morgan fingerprint density at radius 3 is 2.73 bits per heavy atom. The van der Waals surface area contributed by atoms with Gasteiger partial charge in [0.05, 0.1) is 29.0 Å². The molecule has 1 aromatic carbocycles. The summed E-state index contributed by atoms with van der Waals surface area (Å²) in [6.07, 6.45) is 1.53. The molecule has 9 heteroatoms. The molecule has 0 unspecified atom stereocenters. The molecular weight excluding hydrogens is 442 g/mol. The Balaban J connectivity index is 2.29. The van der Waals surface area contributed by atoms with Crippen molar-refractivity contribution in [1.82, 2.24) is 4.90 Å². The van der Waals surface area contributed by atoms with Crippen molar-refractivity contribution >= 4 is 62.2 Å². The lowest BCUT2D eigenvalue weighted by Gasteiger charge is -2.16. The summed E-state index contributed by atoms with van der Waals surface area (Å²) in [4.78, 5) is 24.9. The van der Waals surface area contributed by atoms with Crippen LogP contribution in [0.2, 0.25) is 0 Å². The monoisotopic (exact) mass is 459 g/mol. The highest BCUT2D eigenvalue weighted by Gasteiger charge is 2.32. The minimum Gasteiger partial charge on any atom is -0.493 e. The number of rotatable bonds is 7. The second-order valence-corrected chi connectivity index (χ2v) is 8.21. The maximum atomic E-state index is 12.5. The van der Waals surface area contributed by atoms with Crippen LogP contribution in [0.3, 0.4) is 0 Å². The first-order chi connectivity index (χ1) is 12.2. The van der Waals surface area contributed by atoms with E-state index in [4.69, 9.17) is 26.8 Å². The van der Waals surface area contributed by atoms with E-state index in [9.17, 15) is 9.59 Å². The van der Waals surface area contributed by atoms with Gasteiger partial charge >= 0.3 is 5.97 Å². The van der Waals surface area contributed by atoms with Gasteiger partial charge in [-0.15, -0.1) is 0 Å². The zero-order valence-electron chi connectivity index (χ0n) is 14.4. The van der Waals surface area contributed by atoms with Gasteiger partial charge in [-0.3, -0.25) is 14.5 Å². The van der Waals surface area contributed by atoms with E-state index in [0.29, 0.717) is 25.2 Å². The number of halogens is 1. The van der Waals surface area contributed by atoms with E-state index in [2.05, 4.69) is 15.9 Å². The van der Waals surface area contributed by atoms with Gasteiger partial charge in [0.1, 0.15) is 4.32 Å². The van der Waals surface area contributed by atoms with E-state index >= 15 is 0 Å². The van der Waals surface area contributed by atoms with Gasteiger partial charge in [0.25, 0.3) is 5.91 Å². The minimum absolute atomic E-state index is 0.0171. The Bertz CT molecular complexity index is 779. The molecule has 1 aromatic rings. The standard InChI is InChI=1S/C17H18BrNO5S2/c1-9(2)24-15-11(18)6-10(7-12(15)23-3)8-13-16(22)19(17(25)26-13)5-4-14(20)21/h6-9H,4-5H2,1-3H3,(H,20,21)/b13-8-. The van der Waals surface area contributed by atoms with Crippen LogP contribution in [-0.4, -0.2) is 46.0 Å². The summed E-state index contributed by atoms with van der Waals surface area (Å²) in [5.74, 6) is -0.134. The number of hydrogen-bond acceptors (Lipinski definition) is 6. The summed E-state index contributed by atoms with van der Waals surface area (Å²) in [7, 11) is 1.55. The number of nitrogens with zero attached hydrogens (tertiary/aromatic N) is 1. The number of benzene rings is 1. The van der Waals surface area contributed by atoms with Gasteiger partial charge in [0.2, 0.25) is 0 Å². The molecule has 2 rings (SSSR count). The van der Waals surface area contributed by atoms with Crippen LogP contribution in [0, 0.1) is 0 Å². The summed E-state index contributed by atoms with van der Waals surface area (Å²) < 4.78 is 12.2. The molecule has 0 aliphatic carbocycles. The van der Waals surface area contributed by atoms with Gasteiger partial charge in [-0.1, -0.05) is 24.0 Å². The molecule has 6 nitrogen and oxygen atoms in total. The normalized spacial score (nSPS) is 15.9. The molecule has 0 aromatic heterocycles. The van der Waals surface area contributed by atoms with Crippen molar-refractivity contribution in [2.45, 2.75) is 26.4 Å². The number of carbonyl (C=O) groups is 2. The molecule has 0 saturated carbocycles. The highest BCUT2D eigenvalue weighted by Crippen LogP contribution is 2.39. The van der Waals surface area contributed by atoms with E-state index < -0.39 is 5.97 Å². The smallest absolute Gasteiger partial charge is 0.305 e. The lowest BCUT2D eigenvalue weighted by atomic mass is 10.1. The number of thioether (sulfide) groups is 1. The molecule has 0 spiro atoms. The van der Waals surface area contributed by atoms with E-state index in [1.807, 2.05) is 19.9 Å². The third-order valence-corrected chi connectivity index (χ3v) is 5.29. The molecule has 1 N–H and O–H groups in total. The molecule has 26 heavy (non-hydrogen) atoms. The number of carboxylic acid groups (broad SMARTS) is 1. The van der Waals surface area contributed by atoms with Crippen LogP contribution >= 0.6 is 39.9 Å². The Hall–Kier alpha value is -1.58. The van der Waals surface area contributed by atoms with Gasteiger partial charge < -0.3 is 14.6 Å². The molecule has 1 aliphatic heterocycles. The highest BCUT2D eigenvalue weighted by molar-refractivity contribution is 9.10. The first-order valence-corrected chi connectivity index (χ1v) is 9.76. The molecule has 1 heterocycles. The van der Waals surface area contributed by atoms with Gasteiger partial charge in [0.15, 0.2) is 11.5 Å². The van der Waals surface area contributed by atoms with E-state index in [1.54, 1.807) is 19.3 Å². The summed E-state index contributed by atoms with van der Waals surface area (Å²) in [5.41, 5.74) is 0.739. The molecule has 0 atom stereocenters. The first-order valence-electron chi connectivity index (χ1n) is 7.74. The fourth-order valence-corrected chi connectivity index (χ4v) is 4.09. The zero-order valence-corrected chi connectivity index (χ0v) is 17.7. The third-order valence-electron chi connectivity index (χ3n) is 3.33. The Labute approximate surface area is 169 Å². The van der Waals surface area contributed by atoms with E-state index in [1.165, 1.54) is 4.90 Å². The average Bonchev–Trinajstić information content (AvgIpc) is 2.81. The van der Waals surface area contributed by atoms with Crippen LogP contribution in [0.1, 0.15) is 25.8 Å². The third kappa shape index (κ3) is 4.99. The van der Waals surface area contributed by atoms with Gasteiger partial charge in [-0.25, -0.2) is 0 Å². The van der Waals surface area contributed by atoms with Crippen molar-refractivity contribution in [3.05, 3.63) is 27.1 Å². The predicted molar refractivity (Wildman–Crippen MR) is 109 cm³/mol. The Morgan fingerprint density at radius 1 is 1.46 bits per heavy atom. The van der Waals surface area contributed by atoms with Gasteiger partial charge in [-0.05, 0) is 53.5 Å². The number of ether oxygens (including phenoxy) is 2. The maximum absolute atomic E-state index is 12.5. The fourth-order valence-electron chi connectivity index (χ4n) is 2.22. The molecule has 140 valence electrons. The SMILES string of the molecule is COc1cc(/C=C2\SC(=S)N(CCC(=O)O)C2=O)cc(Br)c1OC(C)C. The van der Waals surface area contributed by atoms with Gasteiger partial charge in [0, 0.05) is 6.54 Å². The van der Waals surface area contributed by atoms with E-state index in [-0.39, 0.29) is 25.0 Å².